The molecule has 4 heteroatoms. The highest BCUT2D eigenvalue weighted by Crippen LogP contribution is 2.25. The Labute approximate surface area is 107 Å². The van der Waals surface area contributed by atoms with Crippen molar-refractivity contribution in [1.82, 2.24) is 9.97 Å². The van der Waals surface area contributed by atoms with Crippen LogP contribution in [0.1, 0.15) is 25.6 Å². The van der Waals surface area contributed by atoms with Gasteiger partial charge in [-0.25, -0.2) is 4.98 Å². The van der Waals surface area contributed by atoms with E-state index in [9.17, 15) is 0 Å². The molecule has 4 nitrogen and oxygen atoms in total. The lowest BCUT2D eigenvalue weighted by molar-refractivity contribution is 0.328. The smallest absolute Gasteiger partial charge is 0.237 e. The zero-order valence-electron chi connectivity index (χ0n) is 10.6. The Morgan fingerprint density at radius 3 is 2.72 bits per heavy atom. The highest BCUT2D eigenvalue weighted by atomic mass is 16.5. The van der Waals surface area contributed by atoms with Crippen LogP contribution in [0, 0.1) is 0 Å². The average Bonchev–Trinajstić information content (AvgIpc) is 2.42. The second kappa shape index (κ2) is 6.00. The van der Waals surface area contributed by atoms with Crippen LogP contribution < -0.4 is 10.1 Å². The fraction of sp³-hybridized carbons (Fsp3) is 0.286. The van der Waals surface area contributed by atoms with E-state index in [1.54, 1.807) is 12.4 Å². The van der Waals surface area contributed by atoms with Crippen LogP contribution in [0.25, 0.3) is 0 Å². The number of pyridine rings is 2. The standard InChI is InChI=1S/C14H17N3O/c1-3-18-14-13(8-6-10-16-14)17-11(2)12-7-4-5-9-15-12/h4-11,17H,3H2,1-2H3. The largest absolute Gasteiger partial charge is 0.476 e. The summed E-state index contributed by atoms with van der Waals surface area (Å²) in [5.41, 5.74) is 1.88. The van der Waals surface area contributed by atoms with Crippen molar-refractivity contribution in [2.24, 2.45) is 0 Å². The molecule has 0 fully saturated rings. The minimum absolute atomic E-state index is 0.106. The maximum absolute atomic E-state index is 5.48. The maximum Gasteiger partial charge on any atom is 0.237 e. The van der Waals surface area contributed by atoms with Gasteiger partial charge in [-0.05, 0) is 38.1 Å². The van der Waals surface area contributed by atoms with Crippen LogP contribution >= 0.6 is 0 Å². The highest BCUT2D eigenvalue weighted by Gasteiger charge is 2.10. The Hall–Kier alpha value is -2.10. The Morgan fingerprint density at radius 1 is 1.17 bits per heavy atom. The Kier molecular flexibility index (Phi) is 4.12. The third kappa shape index (κ3) is 2.97. The molecule has 1 atom stereocenters. The van der Waals surface area contributed by atoms with E-state index in [1.807, 2.05) is 37.3 Å². The summed E-state index contributed by atoms with van der Waals surface area (Å²) in [7, 11) is 0. The van der Waals surface area contributed by atoms with Crippen LogP contribution in [0.5, 0.6) is 5.88 Å². The van der Waals surface area contributed by atoms with Crippen molar-refractivity contribution in [1.29, 1.82) is 0 Å². The molecule has 0 aliphatic rings. The van der Waals surface area contributed by atoms with Gasteiger partial charge in [-0.1, -0.05) is 6.07 Å². The van der Waals surface area contributed by atoms with Gasteiger partial charge in [0.15, 0.2) is 0 Å². The molecule has 0 aliphatic heterocycles. The number of ether oxygens (including phenoxy) is 1. The molecule has 0 aliphatic carbocycles. The third-order valence-electron chi connectivity index (χ3n) is 2.56. The summed E-state index contributed by atoms with van der Waals surface area (Å²) in [6.07, 6.45) is 3.52. The summed E-state index contributed by atoms with van der Waals surface area (Å²) in [6, 6.07) is 9.83. The minimum Gasteiger partial charge on any atom is -0.476 e. The molecule has 0 bridgehead atoms. The SMILES string of the molecule is CCOc1ncccc1NC(C)c1ccccn1. The van der Waals surface area contributed by atoms with E-state index in [-0.39, 0.29) is 6.04 Å². The third-order valence-corrected chi connectivity index (χ3v) is 2.56. The molecule has 1 N–H and O–H groups in total. The van der Waals surface area contributed by atoms with Crippen LogP contribution in [0.3, 0.4) is 0 Å². The number of hydrogen-bond donors (Lipinski definition) is 1. The van der Waals surface area contributed by atoms with E-state index in [2.05, 4.69) is 22.2 Å². The zero-order valence-corrected chi connectivity index (χ0v) is 10.6. The van der Waals surface area contributed by atoms with Gasteiger partial charge in [0, 0.05) is 12.4 Å². The summed E-state index contributed by atoms with van der Waals surface area (Å²) >= 11 is 0. The van der Waals surface area contributed by atoms with Crippen molar-refractivity contribution in [3.05, 3.63) is 48.4 Å². The number of hydrogen-bond acceptors (Lipinski definition) is 4. The van der Waals surface area contributed by atoms with E-state index in [0.717, 1.165) is 11.4 Å². The number of aromatic nitrogens is 2. The number of nitrogens with zero attached hydrogens (tertiary/aromatic N) is 2. The van der Waals surface area contributed by atoms with Gasteiger partial charge in [0.05, 0.1) is 24.0 Å². The van der Waals surface area contributed by atoms with Gasteiger partial charge in [0.25, 0.3) is 0 Å². The van der Waals surface area contributed by atoms with Crippen molar-refractivity contribution >= 4 is 5.69 Å². The van der Waals surface area contributed by atoms with Gasteiger partial charge in [0.1, 0.15) is 0 Å². The molecule has 0 amide bonds. The average molecular weight is 243 g/mol. The van der Waals surface area contributed by atoms with Gasteiger partial charge in [-0.2, -0.15) is 0 Å². The van der Waals surface area contributed by atoms with Gasteiger partial charge in [0.2, 0.25) is 5.88 Å². The second-order valence-corrected chi connectivity index (χ2v) is 3.91. The van der Waals surface area contributed by atoms with Crippen molar-refractivity contribution in [2.45, 2.75) is 19.9 Å². The van der Waals surface area contributed by atoms with Crippen molar-refractivity contribution in [3.63, 3.8) is 0 Å². The number of nitrogens with one attached hydrogen (secondary N) is 1. The van der Waals surface area contributed by atoms with Crippen molar-refractivity contribution in [3.8, 4) is 5.88 Å². The molecule has 94 valence electrons. The van der Waals surface area contributed by atoms with Crippen LogP contribution in [0.15, 0.2) is 42.7 Å². The molecule has 0 spiro atoms. The van der Waals surface area contributed by atoms with Gasteiger partial charge in [-0.3, -0.25) is 4.98 Å². The number of anilines is 1. The second-order valence-electron chi connectivity index (χ2n) is 3.91. The van der Waals surface area contributed by atoms with E-state index in [1.165, 1.54) is 0 Å². The summed E-state index contributed by atoms with van der Waals surface area (Å²) in [5.74, 6) is 0.628. The van der Waals surface area contributed by atoms with Crippen molar-refractivity contribution < 1.29 is 4.74 Å². The van der Waals surface area contributed by atoms with E-state index >= 15 is 0 Å². The minimum atomic E-state index is 0.106. The van der Waals surface area contributed by atoms with E-state index < -0.39 is 0 Å². The molecule has 0 aromatic carbocycles. The number of rotatable bonds is 5. The molecule has 2 aromatic rings. The van der Waals surface area contributed by atoms with Crippen LogP contribution in [0.2, 0.25) is 0 Å². The molecule has 0 saturated heterocycles. The molecule has 2 heterocycles. The normalized spacial score (nSPS) is 11.9. The lowest BCUT2D eigenvalue weighted by Gasteiger charge is -2.16. The van der Waals surface area contributed by atoms with Gasteiger partial charge >= 0.3 is 0 Å². The molecule has 0 saturated carbocycles. The lowest BCUT2D eigenvalue weighted by atomic mass is 10.2. The summed E-state index contributed by atoms with van der Waals surface area (Å²) < 4.78 is 5.48. The molecule has 0 radical (unpaired) electrons. The molecular formula is C14H17N3O. The predicted molar refractivity (Wildman–Crippen MR) is 71.7 cm³/mol. The summed E-state index contributed by atoms with van der Waals surface area (Å²) in [6.45, 7) is 4.61. The fourth-order valence-electron chi connectivity index (χ4n) is 1.69. The molecule has 1 unspecified atom stereocenters. The topological polar surface area (TPSA) is 47.0 Å². The first kappa shape index (κ1) is 12.4. The van der Waals surface area contributed by atoms with Gasteiger partial charge < -0.3 is 10.1 Å². The molecule has 2 rings (SSSR count). The molecule has 2 aromatic heterocycles. The first-order valence-corrected chi connectivity index (χ1v) is 6.06. The predicted octanol–water partition coefficient (Wildman–Crippen LogP) is 3.05. The lowest BCUT2D eigenvalue weighted by Crippen LogP contribution is -2.10. The van der Waals surface area contributed by atoms with Crippen molar-refractivity contribution in [2.75, 3.05) is 11.9 Å². The van der Waals surface area contributed by atoms with E-state index in [4.69, 9.17) is 4.74 Å². The first-order valence-electron chi connectivity index (χ1n) is 6.06. The summed E-state index contributed by atoms with van der Waals surface area (Å²) in [4.78, 5) is 8.54. The Morgan fingerprint density at radius 2 is 2.00 bits per heavy atom. The highest BCUT2D eigenvalue weighted by molar-refractivity contribution is 5.53. The Balaban J connectivity index is 2.14. The van der Waals surface area contributed by atoms with E-state index in [0.29, 0.717) is 12.5 Å². The first-order chi connectivity index (χ1) is 8.81. The van der Waals surface area contributed by atoms with Crippen LogP contribution in [-0.2, 0) is 0 Å². The quantitative estimate of drug-likeness (QED) is 0.876. The Bertz CT molecular complexity index is 487. The van der Waals surface area contributed by atoms with Gasteiger partial charge in [-0.15, -0.1) is 0 Å². The summed E-state index contributed by atoms with van der Waals surface area (Å²) in [5, 5.41) is 3.36. The van der Waals surface area contributed by atoms with Crippen LogP contribution in [-0.4, -0.2) is 16.6 Å². The monoisotopic (exact) mass is 243 g/mol. The molecular weight excluding hydrogens is 226 g/mol. The zero-order chi connectivity index (χ0) is 12.8. The maximum atomic E-state index is 5.48. The fourth-order valence-corrected chi connectivity index (χ4v) is 1.69. The molecule has 18 heavy (non-hydrogen) atoms. The van der Waals surface area contributed by atoms with Crippen LogP contribution in [0.4, 0.5) is 5.69 Å².